The zero-order valence-electron chi connectivity index (χ0n) is 9.61. The summed E-state index contributed by atoms with van der Waals surface area (Å²) in [6.45, 7) is 3.24. The Labute approximate surface area is 91.1 Å². The first-order chi connectivity index (χ1) is 7.25. The van der Waals surface area contributed by atoms with Crippen LogP contribution in [0.2, 0.25) is 0 Å². The number of hydrogen-bond donors (Lipinski definition) is 1. The van der Waals surface area contributed by atoms with Gasteiger partial charge in [-0.1, -0.05) is 12.1 Å². The smallest absolute Gasteiger partial charge is 0.0738 e. The molecule has 1 saturated carbocycles. The van der Waals surface area contributed by atoms with Crippen LogP contribution in [-0.2, 0) is 13.6 Å². The molecule has 0 unspecified atom stereocenters. The van der Waals surface area contributed by atoms with Crippen molar-refractivity contribution in [2.75, 3.05) is 0 Å². The van der Waals surface area contributed by atoms with E-state index in [9.17, 15) is 0 Å². The topological polar surface area (TPSA) is 42.7 Å². The van der Waals surface area contributed by atoms with Gasteiger partial charge in [-0.3, -0.25) is 4.68 Å². The third-order valence-corrected chi connectivity index (χ3v) is 3.40. The van der Waals surface area contributed by atoms with Crippen LogP contribution in [0.5, 0.6) is 0 Å². The van der Waals surface area contributed by atoms with Gasteiger partial charge in [-0.15, -0.1) is 5.10 Å². The van der Waals surface area contributed by atoms with E-state index >= 15 is 0 Å². The Morgan fingerprint density at radius 3 is 2.73 bits per heavy atom. The van der Waals surface area contributed by atoms with E-state index in [4.69, 9.17) is 0 Å². The molecule has 1 fully saturated rings. The molecule has 2 rings (SSSR count). The van der Waals surface area contributed by atoms with Gasteiger partial charge in [0.05, 0.1) is 11.9 Å². The first-order valence-corrected chi connectivity index (χ1v) is 5.82. The maximum absolute atomic E-state index is 3.92. The van der Waals surface area contributed by atoms with E-state index < -0.39 is 0 Å². The van der Waals surface area contributed by atoms with E-state index in [1.807, 2.05) is 17.9 Å². The number of nitrogens with zero attached hydrogens (tertiary/aromatic N) is 3. The highest BCUT2D eigenvalue weighted by Gasteiger charge is 2.17. The Bertz CT molecular complexity index is 299. The number of hydrogen-bond acceptors (Lipinski definition) is 3. The van der Waals surface area contributed by atoms with E-state index in [1.54, 1.807) is 0 Å². The lowest BCUT2D eigenvalue weighted by Gasteiger charge is -2.26. The Morgan fingerprint density at radius 2 is 2.13 bits per heavy atom. The summed E-state index contributed by atoms with van der Waals surface area (Å²) >= 11 is 0. The Hall–Kier alpha value is -0.900. The molecule has 0 radical (unpaired) electrons. The van der Waals surface area contributed by atoms with E-state index in [0.717, 1.165) is 18.2 Å². The fraction of sp³-hybridized carbons (Fsp3) is 0.818. The van der Waals surface area contributed by atoms with Gasteiger partial charge >= 0.3 is 0 Å². The van der Waals surface area contributed by atoms with Gasteiger partial charge in [0.25, 0.3) is 0 Å². The van der Waals surface area contributed by atoms with Crippen LogP contribution < -0.4 is 5.32 Å². The Balaban J connectivity index is 1.77. The summed E-state index contributed by atoms with van der Waals surface area (Å²) < 4.78 is 1.83. The van der Waals surface area contributed by atoms with Gasteiger partial charge in [0, 0.05) is 19.6 Å². The molecular formula is C11H20N4. The molecule has 84 valence electrons. The second-order valence-electron chi connectivity index (χ2n) is 4.69. The van der Waals surface area contributed by atoms with Gasteiger partial charge < -0.3 is 5.32 Å². The van der Waals surface area contributed by atoms with Crippen molar-refractivity contribution >= 4 is 0 Å². The zero-order chi connectivity index (χ0) is 10.7. The SMILES string of the molecule is CC1CCC(NCc2cnnn2C)CC1. The third-order valence-electron chi connectivity index (χ3n) is 3.40. The predicted octanol–water partition coefficient (Wildman–Crippen LogP) is 1.48. The monoisotopic (exact) mass is 208 g/mol. The van der Waals surface area contributed by atoms with Crippen molar-refractivity contribution in [3.05, 3.63) is 11.9 Å². The maximum Gasteiger partial charge on any atom is 0.0738 e. The summed E-state index contributed by atoms with van der Waals surface area (Å²) in [5.41, 5.74) is 1.16. The van der Waals surface area contributed by atoms with Gasteiger partial charge in [-0.25, -0.2) is 0 Å². The highest BCUT2D eigenvalue weighted by Crippen LogP contribution is 2.23. The standard InChI is InChI=1S/C11H20N4/c1-9-3-5-10(6-4-9)12-7-11-8-13-14-15(11)2/h8-10,12H,3-7H2,1-2H3. The zero-order valence-corrected chi connectivity index (χ0v) is 9.61. The highest BCUT2D eigenvalue weighted by atomic mass is 15.4. The Morgan fingerprint density at radius 1 is 1.40 bits per heavy atom. The molecule has 0 saturated heterocycles. The summed E-state index contributed by atoms with van der Waals surface area (Å²) in [7, 11) is 1.94. The average Bonchev–Trinajstić information content (AvgIpc) is 2.63. The first kappa shape index (κ1) is 10.6. The molecular weight excluding hydrogens is 188 g/mol. The van der Waals surface area contributed by atoms with Crippen LogP contribution in [0.25, 0.3) is 0 Å². The lowest BCUT2D eigenvalue weighted by atomic mass is 9.87. The fourth-order valence-corrected chi connectivity index (χ4v) is 2.18. The molecule has 0 atom stereocenters. The molecule has 4 nitrogen and oxygen atoms in total. The van der Waals surface area contributed by atoms with Gasteiger partial charge in [0.1, 0.15) is 0 Å². The molecule has 1 aromatic rings. The summed E-state index contributed by atoms with van der Waals surface area (Å²) in [5.74, 6) is 0.918. The van der Waals surface area contributed by atoms with E-state index in [2.05, 4.69) is 22.6 Å². The highest BCUT2D eigenvalue weighted by molar-refractivity contribution is 4.93. The summed E-state index contributed by atoms with van der Waals surface area (Å²) in [6.07, 6.45) is 7.18. The number of rotatable bonds is 3. The lowest BCUT2D eigenvalue weighted by Crippen LogP contribution is -2.32. The normalized spacial score (nSPS) is 26.8. The van der Waals surface area contributed by atoms with Crippen molar-refractivity contribution in [1.29, 1.82) is 0 Å². The average molecular weight is 208 g/mol. The van der Waals surface area contributed by atoms with Crippen molar-refractivity contribution in [1.82, 2.24) is 20.3 Å². The second-order valence-corrected chi connectivity index (χ2v) is 4.69. The van der Waals surface area contributed by atoms with Crippen molar-refractivity contribution < 1.29 is 0 Å². The predicted molar refractivity (Wildman–Crippen MR) is 59.3 cm³/mol. The van der Waals surface area contributed by atoms with Crippen molar-refractivity contribution in [3.63, 3.8) is 0 Å². The maximum atomic E-state index is 3.92. The summed E-state index contributed by atoms with van der Waals surface area (Å²) in [5, 5.41) is 11.4. The minimum atomic E-state index is 0.691. The van der Waals surface area contributed by atoms with Crippen molar-refractivity contribution in [3.8, 4) is 0 Å². The Kier molecular flexibility index (Phi) is 3.36. The van der Waals surface area contributed by atoms with Crippen LogP contribution in [0.1, 0.15) is 38.3 Å². The van der Waals surface area contributed by atoms with Crippen LogP contribution in [0.3, 0.4) is 0 Å². The largest absolute Gasteiger partial charge is 0.308 e. The molecule has 15 heavy (non-hydrogen) atoms. The van der Waals surface area contributed by atoms with Gasteiger partial charge in [-0.05, 0) is 31.6 Å². The van der Waals surface area contributed by atoms with Crippen LogP contribution >= 0.6 is 0 Å². The van der Waals surface area contributed by atoms with Crippen LogP contribution in [0, 0.1) is 5.92 Å². The second kappa shape index (κ2) is 4.75. The summed E-state index contributed by atoms with van der Waals surface area (Å²) in [4.78, 5) is 0. The van der Waals surface area contributed by atoms with E-state index in [0.29, 0.717) is 6.04 Å². The minimum absolute atomic E-state index is 0.691. The molecule has 1 heterocycles. The summed E-state index contributed by atoms with van der Waals surface area (Å²) in [6, 6.07) is 0.691. The van der Waals surface area contributed by atoms with Gasteiger partial charge in [-0.2, -0.15) is 0 Å². The van der Waals surface area contributed by atoms with E-state index in [1.165, 1.54) is 25.7 Å². The third kappa shape index (κ3) is 2.78. The molecule has 0 amide bonds. The first-order valence-electron chi connectivity index (χ1n) is 5.82. The van der Waals surface area contributed by atoms with Crippen LogP contribution in [-0.4, -0.2) is 21.0 Å². The minimum Gasteiger partial charge on any atom is -0.308 e. The quantitative estimate of drug-likeness (QED) is 0.818. The molecule has 1 aliphatic rings. The molecule has 1 N–H and O–H groups in total. The van der Waals surface area contributed by atoms with Gasteiger partial charge in [0.2, 0.25) is 0 Å². The van der Waals surface area contributed by atoms with E-state index in [-0.39, 0.29) is 0 Å². The van der Waals surface area contributed by atoms with Crippen LogP contribution in [0.4, 0.5) is 0 Å². The lowest BCUT2D eigenvalue weighted by molar-refractivity contribution is 0.305. The number of aromatic nitrogens is 3. The number of nitrogens with one attached hydrogen (secondary N) is 1. The van der Waals surface area contributed by atoms with Gasteiger partial charge in [0.15, 0.2) is 0 Å². The molecule has 0 bridgehead atoms. The molecule has 0 aliphatic heterocycles. The van der Waals surface area contributed by atoms with Crippen LogP contribution in [0.15, 0.2) is 6.20 Å². The fourth-order valence-electron chi connectivity index (χ4n) is 2.18. The molecule has 1 aliphatic carbocycles. The molecule has 0 aromatic carbocycles. The molecule has 1 aromatic heterocycles. The van der Waals surface area contributed by atoms with Crippen molar-refractivity contribution in [2.24, 2.45) is 13.0 Å². The number of aryl methyl sites for hydroxylation is 1. The molecule has 4 heteroatoms. The molecule has 0 spiro atoms. The van der Waals surface area contributed by atoms with Crippen molar-refractivity contribution in [2.45, 2.75) is 45.2 Å².